The zero-order chi connectivity index (χ0) is 11.9. The SMILES string of the molecule is Cc1cc2c(c(C(F)(F)F)c1)CC(CO)=N2. The third kappa shape index (κ3) is 1.82. The van der Waals surface area contributed by atoms with Crippen LogP contribution in [0.3, 0.4) is 0 Å². The number of nitrogens with zero attached hydrogens (tertiary/aromatic N) is 1. The third-order valence-corrected chi connectivity index (χ3v) is 2.52. The molecule has 1 heterocycles. The van der Waals surface area contributed by atoms with Gasteiger partial charge in [0.05, 0.1) is 17.9 Å². The summed E-state index contributed by atoms with van der Waals surface area (Å²) in [5.41, 5.74) is 0.758. The number of aryl methyl sites for hydroxylation is 1. The van der Waals surface area contributed by atoms with E-state index in [9.17, 15) is 13.2 Å². The van der Waals surface area contributed by atoms with Gasteiger partial charge >= 0.3 is 6.18 Å². The minimum Gasteiger partial charge on any atom is -0.390 e. The predicted octanol–water partition coefficient (Wildman–Crippen LogP) is 2.63. The minimum absolute atomic E-state index is 0.0843. The molecule has 0 saturated carbocycles. The number of aliphatic hydroxyl groups is 1. The van der Waals surface area contributed by atoms with Crippen molar-refractivity contribution in [3.8, 4) is 0 Å². The highest BCUT2D eigenvalue weighted by Gasteiger charge is 2.36. The Kier molecular flexibility index (Phi) is 2.50. The fourth-order valence-electron chi connectivity index (χ4n) is 1.84. The topological polar surface area (TPSA) is 32.6 Å². The summed E-state index contributed by atoms with van der Waals surface area (Å²) in [7, 11) is 0. The van der Waals surface area contributed by atoms with Crippen LogP contribution in [0.25, 0.3) is 0 Å². The summed E-state index contributed by atoms with van der Waals surface area (Å²) < 4.78 is 38.2. The van der Waals surface area contributed by atoms with E-state index in [1.807, 2.05) is 0 Å². The molecule has 1 aliphatic rings. The minimum atomic E-state index is -4.36. The molecule has 16 heavy (non-hydrogen) atoms. The Labute approximate surface area is 90.4 Å². The quantitative estimate of drug-likeness (QED) is 0.788. The molecule has 1 aromatic rings. The van der Waals surface area contributed by atoms with E-state index >= 15 is 0 Å². The van der Waals surface area contributed by atoms with Gasteiger partial charge in [-0.25, -0.2) is 0 Å². The first kappa shape index (κ1) is 11.1. The lowest BCUT2D eigenvalue weighted by Gasteiger charge is -2.12. The number of halogens is 3. The monoisotopic (exact) mass is 229 g/mol. The Balaban J connectivity index is 2.55. The number of hydrogen-bond donors (Lipinski definition) is 1. The molecular weight excluding hydrogens is 219 g/mol. The van der Waals surface area contributed by atoms with Crippen LogP contribution >= 0.6 is 0 Å². The van der Waals surface area contributed by atoms with Crippen molar-refractivity contribution in [1.29, 1.82) is 0 Å². The lowest BCUT2D eigenvalue weighted by Crippen LogP contribution is -2.11. The molecule has 2 nitrogen and oxygen atoms in total. The number of aliphatic hydroxyl groups excluding tert-OH is 1. The molecule has 1 aromatic carbocycles. The molecule has 0 radical (unpaired) electrons. The molecule has 0 aromatic heterocycles. The first-order chi connectivity index (χ1) is 7.41. The number of alkyl halides is 3. The van der Waals surface area contributed by atoms with Gasteiger partial charge in [-0.05, 0) is 30.2 Å². The second-order valence-corrected chi connectivity index (χ2v) is 3.82. The van der Waals surface area contributed by atoms with Gasteiger partial charge in [-0.15, -0.1) is 0 Å². The lowest BCUT2D eigenvalue weighted by molar-refractivity contribution is -0.138. The van der Waals surface area contributed by atoms with Gasteiger partial charge in [0.1, 0.15) is 0 Å². The van der Waals surface area contributed by atoms with Gasteiger partial charge < -0.3 is 5.11 Å². The van der Waals surface area contributed by atoms with Crippen molar-refractivity contribution in [1.82, 2.24) is 0 Å². The predicted molar refractivity (Wildman–Crippen MR) is 54.1 cm³/mol. The Hall–Kier alpha value is -1.36. The summed E-state index contributed by atoms with van der Waals surface area (Å²) in [5.74, 6) is 0. The van der Waals surface area contributed by atoms with E-state index in [1.165, 1.54) is 0 Å². The molecule has 0 aliphatic carbocycles. The van der Waals surface area contributed by atoms with Crippen molar-refractivity contribution in [2.45, 2.75) is 19.5 Å². The molecule has 0 atom stereocenters. The number of aliphatic imine (C=N–C) groups is 1. The molecule has 0 unspecified atom stereocenters. The van der Waals surface area contributed by atoms with Crippen molar-refractivity contribution in [2.24, 2.45) is 4.99 Å². The maximum Gasteiger partial charge on any atom is 0.416 e. The van der Waals surface area contributed by atoms with Crippen molar-refractivity contribution in [3.63, 3.8) is 0 Å². The van der Waals surface area contributed by atoms with Gasteiger partial charge in [0.2, 0.25) is 0 Å². The number of hydrogen-bond acceptors (Lipinski definition) is 2. The molecule has 2 rings (SSSR count). The van der Waals surface area contributed by atoms with Crippen LogP contribution in [0.2, 0.25) is 0 Å². The van der Waals surface area contributed by atoms with Crippen LogP contribution in [0, 0.1) is 6.92 Å². The van der Waals surface area contributed by atoms with E-state index in [-0.39, 0.29) is 18.6 Å². The highest BCUT2D eigenvalue weighted by Crippen LogP contribution is 2.39. The second-order valence-electron chi connectivity index (χ2n) is 3.82. The van der Waals surface area contributed by atoms with Gasteiger partial charge in [0.25, 0.3) is 0 Å². The van der Waals surface area contributed by atoms with Gasteiger partial charge in [0, 0.05) is 12.1 Å². The van der Waals surface area contributed by atoms with Gasteiger partial charge in [0.15, 0.2) is 0 Å². The molecule has 0 fully saturated rings. The summed E-state index contributed by atoms with van der Waals surface area (Å²) in [6.45, 7) is 1.30. The first-order valence-corrected chi connectivity index (χ1v) is 4.80. The number of benzene rings is 1. The van der Waals surface area contributed by atoms with Crippen molar-refractivity contribution >= 4 is 11.4 Å². The summed E-state index contributed by atoms with van der Waals surface area (Å²) in [4.78, 5) is 3.97. The van der Waals surface area contributed by atoms with E-state index in [2.05, 4.69) is 4.99 Å². The summed E-state index contributed by atoms with van der Waals surface area (Å²) in [5, 5.41) is 8.89. The summed E-state index contributed by atoms with van der Waals surface area (Å²) >= 11 is 0. The van der Waals surface area contributed by atoms with Crippen LogP contribution in [0.4, 0.5) is 18.9 Å². The molecule has 0 spiro atoms. The van der Waals surface area contributed by atoms with E-state index < -0.39 is 11.7 Å². The van der Waals surface area contributed by atoms with Crippen molar-refractivity contribution in [2.75, 3.05) is 6.61 Å². The smallest absolute Gasteiger partial charge is 0.390 e. The van der Waals surface area contributed by atoms with Crippen LogP contribution in [0.5, 0.6) is 0 Å². The third-order valence-electron chi connectivity index (χ3n) is 2.52. The van der Waals surface area contributed by atoms with E-state index in [0.717, 1.165) is 6.07 Å². The zero-order valence-electron chi connectivity index (χ0n) is 8.60. The van der Waals surface area contributed by atoms with Crippen LogP contribution in [0.15, 0.2) is 17.1 Å². The fourth-order valence-corrected chi connectivity index (χ4v) is 1.84. The Morgan fingerprint density at radius 1 is 1.38 bits per heavy atom. The maximum absolute atomic E-state index is 12.7. The molecule has 0 bridgehead atoms. The number of fused-ring (bicyclic) bond motifs is 1. The summed E-state index contributed by atoms with van der Waals surface area (Å²) in [6.07, 6.45) is -4.28. The van der Waals surface area contributed by atoms with E-state index in [0.29, 0.717) is 17.0 Å². The highest BCUT2D eigenvalue weighted by atomic mass is 19.4. The van der Waals surface area contributed by atoms with Crippen LogP contribution < -0.4 is 0 Å². The standard InChI is InChI=1S/C11H10F3NO/c1-6-2-9(11(12,13)14)8-4-7(5-16)15-10(8)3-6/h2-3,16H,4-5H2,1H3. The first-order valence-electron chi connectivity index (χ1n) is 4.80. The normalized spacial score (nSPS) is 14.9. The van der Waals surface area contributed by atoms with Gasteiger partial charge in [-0.1, -0.05) is 0 Å². The van der Waals surface area contributed by atoms with Crippen LogP contribution in [0.1, 0.15) is 16.7 Å². The maximum atomic E-state index is 12.7. The van der Waals surface area contributed by atoms with Crippen LogP contribution in [-0.4, -0.2) is 17.4 Å². The average Bonchev–Trinajstić information content (AvgIpc) is 2.57. The molecule has 1 aliphatic heterocycles. The molecule has 0 saturated heterocycles. The molecule has 0 amide bonds. The van der Waals surface area contributed by atoms with Gasteiger partial charge in [-0.2, -0.15) is 13.2 Å². The van der Waals surface area contributed by atoms with E-state index in [4.69, 9.17) is 5.11 Å². The van der Waals surface area contributed by atoms with Crippen molar-refractivity contribution < 1.29 is 18.3 Å². The molecule has 86 valence electrons. The highest BCUT2D eigenvalue weighted by molar-refractivity contribution is 5.95. The fraction of sp³-hybridized carbons (Fsp3) is 0.364. The lowest BCUT2D eigenvalue weighted by atomic mass is 10.00. The Bertz CT molecular complexity index is 463. The molecule has 1 N–H and O–H groups in total. The zero-order valence-corrected chi connectivity index (χ0v) is 8.60. The van der Waals surface area contributed by atoms with E-state index in [1.54, 1.807) is 13.0 Å². The van der Waals surface area contributed by atoms with Crippen molar-refractivity contribution in [3.05, 3.63) is 28.8 Å². The molecule has 5 heteroatoms. The number of rotatable bonds is 1. The van der Waals surface area contributed by atoms with Crippen LogP contribution in [-0.2, 0) is 12.6 Å². The summed E-state index contributed by atoms with van der Waals surface area (Å²) in [6, 6.07) is 2.72. The Morgan fingerprint density at radius 2 is 2.06 bits per heavy atom. The Morgan fingerprint density at radius 3 is 2.62 bits per heavy atom. The average molecular weight is 229 g/mol. The second kappa shape index (κ2) is 3.59. The van der Waals surface area contributed by atoms with Gasteiger partial charge in [-0.3, -0.25) is 4.99 Å². The largest absolute Gasteiger partial charge is 0.416 e. The molecular formula is C11H10F3NO.